The monoisotopic (exact) mass is 283 g/mol. The largest absolute Gasteiger partial charge is 0.0893 e. The second kappa shape index (κ2) is 5.06. The molecule has 0 aliphatic heterocycles. The summed E-state index contributed by atoms with van der Waals surface area (Å²) in [7, 11) is 0. The van der Waals surface area contributed by atoms with E-state index in [4.69, 9.17) is 5.53 Å². The maximum atomic E-state index is 8.51. The molecule has 0 fully saturated rings. The van der Waals surface area contributed by atoms with Crippen molar-refractivity contribution in [3.05, 3.63) is 82.7 Å². The summed E-state index contributed by atoms with van der Waals surface area (Å²) in [4.78, 5) is 2.85. The lowest BCUT2D eigenvalue weighted by Crippen LogP contribution is -1.86. The van der Waals surface area contributed by atoms with Crippen LogP contribution in [-0.4, -0.2) is 0 Å². The average molecular weight is 283 g/mol. The molecule has 0 saturated carbocycles. The molecule has 0 unspecified atom stereocenters. The summed E-state index contributed by atoms with van der Waals surface area (Å²) < 4.78 is 0. The van der Waals surface area contributed by atoms with Gasteiger partial charge in [0.2, 0.25) is 0 Å². The molecule has 4 aromatic carbocycles. The van der Waals surface area contributed by atoms with Gasteiger partial charge in [-0.25, -0.2) is 0 Å². The standard InChI is InChI=1S/C19H13N3/c20-22-21-12-13-9-10-18-16-7-2-1-5-14(16)15-6-3-4-8-17(15)19(18)11-13/h1-11H,12H2. The van der Waals surface area contributed by atoms with Gasteiger partial charge in [0, 0.05) is 4.91 Å². The fourth-order valence-corrected chi connectivity index (χ4v) is 3.17. The van der Waals surface area contributed by atoms with Crippen molar-refractivity contribution in [3.63, 3.8) is 0 Å². The van der Waals surface area contributed by atoms with E-state index in [1.54, 1.807) is 0 Å². The van der Waals surface area contributed by atoms with E-state index in [0.29, 0.717) is 6.54 Å². The van der Waals surface area contributed by atoms with Gasteiger partial charge in [-0.1, -0.05) is 71.8 Å². The van der Waals surface area contributed by atoms with Crippen LogP contribution in [0.4, 0.5) is 0 Å². The van der Waals surface area contributed by atoms with Crippen LogP contribution in [0, 0.1) is 0 Å². The summed E-state index contributed by atoms with van der Waals surface area (Å²) in [5.74, 6) is 0. The predicted octanol–water partition coefficient (Wildman–Crippen LogP) is 5.96. The molecule has 0 aliphatic carbocycles. The van der Waals surface area contributed by atoms with E-state index in [-0.39, 0.29) is 0 Å². The van der Waals surface area contributed by atoms with Crippen molar-refractivity contribution in [1.29, 1.82) is 0 Å². The molecule has 0 saturated heterocycles. The summed E-state index contributed by atoms with van der Waals surface area (Å²) in [6.45, 7) is 0.383. The second-order valence-corrected chi connectivity index (χ2v) is 5.36. The normalized spacial score (nSPS) is 10.9. The van der Waals surface area contributed by atoms with Crippen LogP contribution in [0.25, 0.3) is 42.8 Å². The predicted molar refractivity (Wildman–Crippen MR) is 91.8 cm³/mol. The number of azide groups is 1. The molecule has 4 rings (SSSR count). The number of hydrogen-bond acceptors (Lipinski definition) is 1. The van der Waals surface area contributed by atoms with Crippen LogP contribution in [0.5, 0.6) is 0 Å². The topological polar surface area (TPSA) is 48.8 Å². The lowest BCUT2D eigenvalue weighted by atomic mass is 9.93. The molecule has 3 heteroatoms. The van der Waals surface area contributed by atoms with Crippen LogP contribution >= 0.6 is 0 Å². The van der Waals surface area contributed by atoms with Gasteiger partial charge in [0.05, 0.1) is 6.54 Å². The third-order valence-corrected chi connectivity index (χ3v) is 4.13. The van der Waals surface area contributed by atoms with E-state index in [9.17, 15) is 0 Å². The zero-order valence-electron chi connectivity index (χ0n) is 11.9. The molecular weight excluding hydrogens is 270 g/mol. The van der Waals surface area contributed by atoms with E-state index in [1.165, 1.54) is 32.3 Å². The summed E-state index contributed by atoms with van der Waals surface area (Å²) in [5, 5.41) is 11.1. The zero-order valence-corrected chi connectivity index (χ0v) is 11.9. The number of hydrogen-bond donors (Lipinski definition) is 0. The van der Waals surface area contributed by atoms with E-state index in [1.807, 2.05) is 6.07 Å². The Morgan fingerprint density at radius 3 is 1.73 bits per heavy atom. The van der Waals surface area contributed by atoms with Crippen molar-refractivity contribution in [2.24, 2.45) is 5.11 Å². The number of nitrogens with zero attached hydrogens (tertiary/aromatic N) is 3. The summed E-state index contributed by atoms with van der Waals surface area (Å²) in [5.41, 5.74) is 9.55. The van der Waals surface area contributed by atoms with Crippen LogP contribution < -0.4 is 0 Å². The molecular formula is C19H13N3. The number of benzene rings is 4. The Hall–Kier alpha value is -3.03. The summed E-state index contributed by atoms with van der Waals surface area (Å²) in [6, 6.07) is 23.3. The van der Waals surface area contributed by atoms with Crippen molar-refractivity contribution >= 4 is 32.3 Å². The smallest absolute Gasteiger partial charge is 0.0511 e. The van der Waals surface area contributed by atoms with Gasteiger partial charge in [0.25, 0.3) is 0 Å². The molecule has 0 radical (unpaired) electrons. The first kappa shape index (κ1) is 12.7. The lowest BCUT2D eigenvalue weighted by Gasteiger charge is -2.11. The quantitative estimate of drug-likeness (QED) is 0.189. The van der Waals surface area contributed by atoms with Gasteiger partial charge in [-0.15, -0.1) is 0 Å². The first-order valence-corrected chi connectivity index (χ1v) is 7.21. The van der Waals surface area contributed by atoms with Crippen molar-refractivity contribution in [2.75, 3.05) is 0 Å². The van der Waals surface area contributed by atoms with E-state index in [2.05, 4.69) is 70.7 Å². The third kappa shape index (κ3) is 1.88. The Morgan fingerprint density at radius 1 is 0.682 bits per heavy atom. The van der Waals surface area contributed by atoms with Crippen LogP contribution in [0.2, 0.25) is 0 Å². The molecule has 4 aromatic rings. The Balaban J connectivity index is 2.19. The van der Waals surface area contributed by atoms with Gasteiger partial charge >= 0.3 is 0 Å². The maximum absolute atomic E-state index is 8.51. The van der Waals surface area contributed by atoms with Crippen molar-refractivity contribution < 1.29 is 0 Å². The molecule has 0 atom stereocenters. The van der Waals surface area contributed by atoms with Gasteiger partial charge in [0.1, 0.15) is 0 Å². The van der Waals surface area contributed by atoms with Crippen molar-refractivity contribution in [2.45, 2.75) is 6.54 Å². The fourth-order valence-electron chi connectivity index (χ4n) is 3.17. The molecule has 0 amide bonds. The molecule has 0 aromatic heterocycles. The molecule has 0 N–H and O–H groups in total. The second-order valence-electron chi connectivity index (χ2n) is 5.36. The number of fused-ring (bicyclic) bond motifs is 6. The molecule has 3 nitrogen and oxygen atoms in total. The molecule has 22 heavy (non-hydrogen) atoms. The summed E-state index contributed by atoms with van der Waals surface area (Å²) >= 11 is 0. The van der Waals surface area contributed by atoms with Crippen LogP contribution in [0.15, 0.2) is 71.8 Å². The zero-order chi connectivity index (χ0) is 14.9. The van der Waals surface area contributed by atoms with Gasteiger partial charge in [-0.05, 0) is 43.4 Å². The van der Waals surface area contributed by atoms with E-state index < -0.39 is 0 Å². The highest BCUT2D eigenvalue weighted by Crippen LogP contribution is 2.35. The minimum atomic E-state index is 0.383. The first-order valence-electron chi connectivity index (χ1n) is 7.21. The van der Waals surface area contributed by atoms with Crippen LogP contribution in [0.1, 0.15) is 5.56 Å². The molecule has 0 heterocycles. The first-order chi connectivity index (χ1) is 10.9. The Kier molecular flexibility index (Phi) is 2.92. The highest BCUT2D eigenvalue weighted by Gasteiger charge is 2.08. The van der Waals surface area contributed by atoms with Gasteiger partial charge < -0.3 is 0 Å². The highest BCUT2D eigenvalue weighted by molar-refractivity contribution is 6.25. The molecule has 0 bridgehead atoms. The fraction of sp³-hybridized carbons (Fsp3) is 0.0526. The van der Waals surface area contributed by atoms with E-state index >= 15 is 0 Å². The van der Waals surface area contributed by atoms with Crippen LogP contribution in [-0.2, 0) is 6.54 Å². The Bertz CT molecular complexity index is 1020. The minimum Gasteiger partial charge on any atom is -0.0893 e. The SMILES string of the molecule is [N-]=[N+]=NCc1ccc2c3ccccc3c3ccccc3c2c1. The average Bonchev–Trinajstić information content (AvgIpc) is 2.60. The lowest BCUT2D eigenvalue weighted by molar-refractivity contribution is 1.05. The number of rotatable bonds is 2. The van der Waals surface area contributed by atoms with Gasteiger partial charge in [-0.2, -0.15) is 0 Å². The van der Waals surface area contributed by atoms with Crippen molar-refractivity contribution in [1.82, 2.24) is 0 Å². The van der Waals surface area contributed by atoms with E-state index in [0.717, 1.165) is 5.56 Å². The third-order valence-electron chi connectivity index (χ3n) is 4.13. The molecule has 0 spiro atoms. The molecule has 0 aliphatic rings. The van der Waals surface area contributed by atoms with Crippen molar-refractivity contribution in [3.8, 4) is 0 Å². The summed E-state index contributed by atoms with van der Waals surface area (Å²) in [6.07, 6.45) is 0. The van der Waals surface area contributed by atoms with Gasteiger partial charge in [0.15, 0.2) is 0 Å². The minimum absolute atomic E-state index is 0.383. The highest BCUT2D eigenvalue weighted by atomic mass is 15.1. The Morgan fingerprint density at radius 2 is 1.18 bits per heavy atom. The Labute approximate surface area is 127 Å². The molecule has 104 valence electrons. The van der Waals surface area contributed by atoms with Crippen LogP contribution in [0.3, 0.4) is 0 Å². The maximum Gasteiger partial charge on any atom is 0.0511 e. The van der Waals surface area contributed by atoms with Gasteiger partial charge in [-0.3, -0.25) is 0 Å².